The molecule has 0 amide bonds. The number of carbonyl (C=O) groups is 3. The molecule has 0 saturated heterocycles. The topological polar surface area (TPSA) is 185 Å². The van der Waals surface area contributed by atoms with Gasteiger partial charge < -0.3 is 14.9 Å². The molecule has 3 heterocycles. The minimum atomic E-state index is -4.67. The molecule has 12 aliphatic carbocycles. The number of carboxylic acids is 2. The summed E-state index contributed by atoms with van der Waals surface area (Å²) in [6, 6.07) is 32.0. The Morgan fingerprint density at radius 3 is 0.922 bits per heavy atom. The number of hydrogen-bond donors (Lipinski definition) is 4. The summed E-state index contributed by atoms with van der Waals surface area (Å²) in [6.45, 7) is 6.59. The highest BCUT2D eigenvalue weighted by Crippen LogP contribution is 2.69. The van der Waals surface area contributed by atoms with Gasteiger partial charge in [0, 0.05) is 71.1 Å². The SMILES string of the molecule is C.COC(=O)/C=C/c1cc(F)c([C@@H]2C3=C(C[C@@H](C)N2C24CC(C2)C4)c2ccccc2C3)c(F)c1.C[C@@H]1CC2=C(Cc3ccccc32)[C@@H](c2c(F)cc(/C=C/C(=O)O)cc2F)N1C12CC(C1)C2.C[C@@H]1CC2=C(Cc3ccccc32)[C@@H](c2c(F)cc(/C=C/C(=O)O)cc2F)N1C12CC(C1)C2.O=S(=O)(O)O.[2HH]. The van der Waals surface area contributed by atoms with Gasteiger partial charge in [0.1, 0.15) is 34.9 Å². The maximum Gasteiger partial charge on any atom is 0.394 e. The summed E-state index contributed by atoms with van der Waals surface area (Å²) >= 11 is 0. The molecule has 0 spiro atoms. The van der Waals surface area contributed by atoms with Gasteiger partial charge in [0.2, 0.25) is 0 Å². The van der Waals surface area contributed by atoms with Crippen LogP contribution in [0.1, 0.15) is 192 Å². The lowest BCUT2D eigenvalue weighted by Gasteiger charge is -2.70. The van der Waals surface area contributed by atoms with Gasteiger partial charge in [-0.2, -0.15) is 8.42 Å². The van der Waals surface area contributed by atoms with E-state index in [2.05, 4.69) is 76.6 Å². The van der Waals surface area contributed by atoms with Crippen LogP contribution in [-0.4, -0.2) is 102 Å². The number of halogens is 6. The molecule has 9 fully saturated rings. The second-order valence-electron chi connectivity index (χ2n) is 30.6. The Morgan fingerprint density at radius 2 is 0.699 bits per heavy atom. The zero-order chi connectivity index (χ0) is 71.8. The number of methoxy groups -OCH3 is 1. The number of ether oxygens (including phenoxy) is 1. The van der Waals surface area contributed by atoms with Gasteiger partial charge in [-0.25, -0.2) is 40.7 Å². The smallest absolute Gasteiger partial charge is 0.394 e. The standard InChI is InChI=1S/C28H27F2NO2.2C27H25F2NO2.CH4.H2O4S.H2/c1-16-9-21-20-6-4-3-5-19(20)12-22(21)27(31(16)28-13-18(14-28)15-28)26-23(29)10-17(11-24(26)30)7-8-25(32)33-2;2*1-15-8-20-19-5-3-2-4-18(19)11-21(20)26(30(15)27-12-17(13-27)14-27)25-22(28)9-16(10-23(25)29)6-7-24(31)32;;1-5(2,3)4;/h3-8,10-11,16,18,27H,9,12-15H2,1-2H3;2*2-7,9-10,15,17,26H,8,11-14H2,1H3,(H,31,32);1H4;(H2,1,2,3,4);1H/b8-7+;2*7-6+;;;/t16-,18?,27+,28?;2*15-,17?,26+,27?;;;/m111.../s1/i;;;;;1+1. The minimum absolute atomic E-state index is 0. The number of benzene rings is 6. The molecule has 6 aromatic rings. The van der Waals surface area contributed by atoms with Crippen molar-refractivity contribution in [1.29, 1.82) is 0 Å². The molecule has 20 heteroatoms. The largest absolute Gasteiger partial charge is 0.478 e. The molecule has 3 aliphatic heterocycles. The van der Waals surface area contributed by atoms with Crippen LogP contribution in [0.2, 0.25) is 0 Å². The Balaban J connectivity index is 0.000000133. The summed E-state index contributed by atoms with van der Waals surface area (Å²) in [5.41, 5.74) is 15.8. The summed E-state index contributed by atoms with van der Waals surface area (Å²) < 4.78 is 130. The van der Waals surface area contributed by atoms with Crippen molar-refractivity contribution in [2.45, 2.75) is 177 Å². The third kappa shape index (κ3) is 12.7. The highest BCUT2D eigenvalue weighted by atomic mass is 32.3. The zero-order valence-electron chi connectivity index (χ0n) is 56.9. The molecule has 540 valence electrons. The number of fused-ring (bicyclic) bond motifs is 6. The van der Waals surface area contributed by atoms with E-state index in [0.29, 0.717) is 5.56 Å². The number of aliphatic carboxylic acids is 2. The number of hydrogen-bond acceptors (Lipinski definition) is 9. The minimum Gasteiger partial charge on any atom is -0.478 e. The number of nitrogens with zero attached hydrogens (tertiary/aromatic N) is 3. The summed E-state index contributed by atoms with van der Waals surface area (Å²) in [7, 11) is -3.40. The Morgan fingerprint density at radius 1 is 0.456 bits per heavy atom. The fourth-order valence-electron chi connectivity index (χ4n) is 20.2. The molecule has 21 rings (SSSR count). The molecule has 13 nitrogen and oxygen atoms in total. The van der Waals surface area contributed by atoms with Crippen molar-refractivity contribution < 1.29 is 74.6 Å². The van der Waals surface area contributed by atoms with Crippen LogP contribution in [-0.2, 0) is 48.8 Å². The second-order valence-corrected chi connectivity index (χ2v) is 31.4. The van der Waals surface area contributed by atoms with E-state index < -0.39 is 81.3 Å². The quantitative estimate of drug-likeness (QED) is 0.0393. The van der Waals surface area contributed by atoms with E-state index in [-0.39, 0.29) is 71.4 Å². The number of esters is 1. The normalized spacial score (nSPS) is 29.2. The first kappa shape index (κ1) is 71.5. The molecule has 15 aliphatic rings. The third-order valence-electron chi connectivity index (χ3n) is 24.3. The number of carbonyl (C=O) groups excluding carboxylic acids is 1. The molecule has 4 N–H and O–H groups in total. The fourth-order valence-corrected chi connectivity index (χ4v) is 20.2. The summed E-state index contributed by atoms with van der Waals surface area (Å²) in [5, 5.41) is 17.7. The molecule has 0 radical (unpaired) electrons. The first-order chi connectivity index (χ1) is 48.6. The Labute approximate surface area is 597 Å². The van der Waals surface area contributed by atoms with E-state index in [1.165, 1.54) is 118 Å². The van der Waals surface area contributed by atoms with E-state index in [1.54, 1.807) is 0 Å². The van der Waals surface area contributed by atoms with E-state index in [0.717, 1.165) is 143 Å². The van der Waals surface area contributed by atoms with E-state index >= 15 is 26.3 Å². The van der Waals surface area contributed by atoms with Gasteiger partial charge in [0.15, 0.2) is 0 Å². The van der Waals surface area contributed by atoms with E-state index in [9.17, 15) is 14.4 Å². The average Bonchev–Trinajstić information content (AvgIpc) is 1.06. The van der Waals surface area contributed by atoms with Crippen LogP contribution in [0.25, 0.3) is 34.9 Å². The Bertz CT molecular complexity index is 4540. The van der Waals surface area contributed by atoms with Crippen molar-refractivity contribution >= 4 is 63.3 Å². The van der Waals surface area contributed by atoms with Crippen LogP contribution in [0, 0.1) is 52.7 Å². The Hall–Kier alpha value is -8.50. The third-order valence-corrected chi connectivity index (χ3v) is 24.3. The number of rotatable bonds is 12. The molecule has 0 aromatic heterocycles. The van der Waals surface area contributed by atoms with Crippen molar-refractivity contribution in [1.82, 2.24) is 14.7 Å². The number of carboxylic acid groups (broad SMARTS) is 2. The van der Waals surface area contributed by atoms with Crippen LogP contribution < -0.4 is 0 Å². The van der Waals surface area contributed by atoms with Crippen LogP contribution >= 0.6 is 0 Å². The molecular weight excluding hydrogens is 1340 g/mol. The van der Waals surface area contributed by atoms with Crippen molar-refractivity contribution in [3.63, 3.8) is 0 Å². The van der Waals surface area contributed by atoms with Gasteiger partial charge in [0.25, 0.3) is 0 Å². The maximum absolute atomic E-state index is 15.7. The molecule has 0 unspecified atom stereocenters. The lowest BCUT2D eigenvalue weighted by molar-refractivity contribution is -0.173. The second kappa shape index (κ2) is 26.9. The van der Waals surface area contributed by atoms with Crippen molar-refractivity contribution in [2.24, 2.45) is 17.8 Å². The average molecular weight is 1430 g/mol. The lowest BCUT2D eigenvalue weighted by Crippen LogP contribution is -2.71. The predicted molar refractivity (Wildman–Crippen MR) is 384 cm³/mol. The van der Waals surface area contributed by atoms with Crippen LogP contribution in [0.15, 0.2) is 144 Å². The molecule has 6 aromatic carbocycles. The monoisotopic (exact) mass is 1430 g/mol. The molecule has 103 heavy (non-hydrogen) atoms. The summed E-state index contributed by atoms with van der Waals surface area (Å²) in [6.07, 6.45) is 21.8. The molecular formula is C83H85F6N3O10S. The highest BCUT2D eigenvalue weighted by molar-refractivity contribution is 7.79. The molecule has 6 atom stereocenters. The van der Waals surface area contributed by atoms with Crippen molar-refractivity contribution in [2.75, 3.05) is 7.11 Å². The van der Waals surface area contributed by atoms with Gasteiger partial charge in [-0.05, 0) is 273 Å². The highest BCUT2D eigenvalue weighted by Gasteiger charge is 2.66. The van der Waals surface area contributed by atoms with Gasteiger partial charge in [-0.3, -0.25) is 23.8 Å². The van der Waals surface area contributed by atoms with E-state index in [4.69, 9.17) is 27.7 Å². The molecule has 6 bridgehead atoms. The lowest BCUT2D eigenvalue weighted by atomic mass is 9.48. The van der Waals surface area contributed by atoms with Crippen LogP contribution in [0.5, 0.6) is 0 Å². The van der Waals surface area contributed by atoms with Crippen LogP contribution in [0.4, 0.5) is 26.3 Å². The van der Waals surface area contributed by atoms with Gasteiger partial charge in [-0.1, -0.05) is 80.2 Å². The van der Waals surface area contributed by atoms with E-state index in [1.807, 2.05) is 36.4 Å². The summed E-state index contributed by atoms with van der Waals surface area (Å²) in [5.74, 6) is -4.09. The van der Waals surface area contributed by atoms with Crippen LogP contribution in [0.3, 0.4) is 0 Å². The molecule has 9 saturated carbocycles. The first-order valence-electron chi connectivity index (χ1n) is 35.1. The maximum atomic E-state index is 15.7. The fraction of sp³-hybridized carbons (Fsp3) is 0.386. The van der Waals surface area contributed by atoms with Crippen molar-refractivity contribution in [3.05, 3.63) is 246 Å². The summed E-state index contributed by atoms with van der Waals surface area (Å²) in [4.78, 5) is 40.4. The van der Waals surface area contributed by atoms with Crippen molar-refractivity contribution in [3.8, 4) is 0 Å². The zero-order valence-corrected chi connectivity index (χ0v) is 57.7. The van der Waals surface area contributed by atoms with Gasteiger partial charge >= 0.3 is 28.3 Å². The van der Waals surface area contributed by atoms with Gasteiger partial charge in [0.05, 0.1) is 25.2 Å². The van der Waals surface area contributed by atoms with Gasteiger partial charge in [-0.15, -0.1) is 0 Å². The first-order valence-corrected chi connectivity index (χ1v) is 36.5. The Kier molecular flexibility index (Phi) is 18.7. The predicted octanol–water partition coefficient (Wildman–Crippen LogP) is 17.6.